The minimum atomic E-state index is -0.240. The number of hydrogen-bond acceptors (Lipinski definition) is 2. The fraction of sp³-hybridized carbons (Fsp3) is 0.167. The Bertz CT molecular complexity index is 527. The summed E-state index contributed by atoms with van der Waals surface area (Å²) >= 11 is 8.31. The maximum Gasteiger partial charge on any atom is 0.137 e. The Balaban J connectivity index is 2.42. The van der Waals surface area contributed by atoms with Crippen LogP contribution in [0.1, 0.15) is 16.5 Å². The number of nitrogens with one attached hydrogen (secondary N) is 1. The van der Waals surface area contributed by atoms with Crippen LogP contribution in [0, 0.1) is 5.82 Å². The maximum absolute atomic E-state index is 13.5. The monoisotopic (exact) mass is 377 g/mol. The normalized spacial score (nSPS) is 12.7. The predicted molar refractivity (Wildman–Crippen MR) is 77.0 cm³/mol. The van der Waals surface area contributed by atoms with Gasteiger partial charge in [0.2, 0.25) is 0 Å². The van der Waals surface area contributed by atoms with Gasteiger partial charge in [0.1, 0.15) is 5.82 Å². The number of hydrogen-bond donors (Lipinski definition) is 1. The van der Waals surface area contributed by atoms with Crippen LogP contribution >= 0.6 is 43.2 Å². The molecular weight excluding hydrogens is 369 g/mol. The van der Waals surface area contributed by atoms with E-state index in [1.807, 2.05) is 24.6 Å². The molecule has 0 bridgehead atoms. The van der Waals surface area contributed by atoms with E-state index in [4.69, 9.17) is 0 Å². The van der Waals surface area contributed by atoms with Crippen LogP contribution < -0.4 is 5.32 Å². The molecule has 1 aromatic heterocycles. The Morgan fingerprint density at radius 1 is 1.24 bits per heavy atom. The molecule has 0 fully saturated rings. The van der Waals surface area contributed by atoms with Gasteiger partial charge in [-0.05, 0) is 68.1 Å². The molecule has 5 heteroatoms. The van der Waals surface area contributed by atoms with E-state index >= 15 is 0 Å². The Morgan fingerprint density at radius 3 is 2.53 bits per heavy atom. The van der Waals surface area contributed by atoms with E-state index in [1.54, 1.807) is 23.5 Å². The Kier molecular flexibility index (Phi) is 4.36. The van der Waals surface area contributed by atoms with Crippen molar-refractivity contribution >= 4 is 43.2 Å². The summed E-state index contributed by atoms with van der Waals surface area (Å²) in [6.07, 6.45) is 0. The largest absolute Gasteiger partial charge is 0.309 e. The molecule has 0 aliphatic heterocycles. The van der Waals surface area contributed by atoms with Crippen LogP contribution in [0.4, 0.5) is 4.39 Å². The zero-order chi connectivity index (χ0) is 12.4. The predicted octanol–water partition coefficient (Wildman–Crippen LogP) is 4.72. The molecule has 1 atom stereocenters. The molecule has 1 N–H and O–H groups in total. The van der Waals surface area contributed by atoms with Crippen molar-refractivity contribution in [3.63, 3.8) is 0 Å². The molecule has 1 heterocycles. The van der Waals surface area contributed by atoms with E-state index in [-0.39, 0.29) is 11.9 Å². The second-order valence-corrected chi connectivity index (χ2v) is 6.18. The third kappa shape index (κ3) is 2.78. The van der Waals surface area contributed by atoms with E-state index in [1.165, 1.54) is 0 Å². The Hall–Kier alpha value is -0.230. The molecule has 1 nitrogen and oxygen atoms in total. The van der Waals surface area contributed by atoms with Gasteiger partial charge in [0.15, 0.2) is 0 Å². The van der Waals surface area contributed by atoms with Crippen molar-refractivity contribution in [3.05, 3.63) is 54.8 Å². The first-order valence-corrected chi connectivity index (χ1v) is 7.45. The highest BCUT2D eigenvalue weighted by molar-refractivity contribution is 9.10. The van der Waals surface area contributed by atoms with Crippen molar-refractivity contribution in [1.29, 1.82) is 0 Å². The minimum Gasteiger partial charge on any atom is -0.309 e. The molecular formula is C12H10Br2FNS. The lowest BCUT2D eigenvalue weighted by atomic mass is 10.1. The summed E-state index contributed by atoms with van der Waals surface area (Å²) < 4.78 is 15.1. The minimum absolute atomic E-state index is 0.00646. The van der Waals surface area contributed by atoms with Crippen molar-refractivity contribution in [1.82, 2.24) is 5.32 Å². The third-order valence-corrected chi connectivity index (χ3v) is 5.05. The molecule has 90 valence electrons. The van der Waals surface area contributed by atoms with Gasteiger partial charge in [-0.3, -0.25) is 0 Å². The van der Waals surface area contributed by atoms with Crippen LogP contribution in [0.3, 0.4) is 0 Å². The van der Waals surface area contributed by atoms with Crippen LogP contribution in [-0.4, -0.2) is 7.05 Å². The highest BCUT2D eigenvalue weighted by atomic mass is 79.9. The van der Waals surface area contributed by atoms with Crippen molar-refractivity contribution in [2.45, 2.75) is 6.04 Å². The summed E-state index contributed by atoms with van der Waals surface area (Å²) in [6, 6.07) is 7.21. The Morgan fingerprint density at radius 2 is 2.00 bits per heavy atom. The van der Waals surface area contributed by atoms with E-state index in [2.05, 4.69) is 37.2 Å². The molecule has 2 aromatic rings. The average Bonchev–Trinajstić information content (AvgIpc) is 2.71. The topological polar surface area (TPSA) is 12.0 Å². The van der Waals surface area contributed by atoms with Crippen molar-refractivity contribution in [3.8, 4) is 0 Å². The fourth-order valence-corrected chi connectivity index (χ4v) is 3.64. The second-order valence-electron chi connectivity index (χ2n) is 3.53. The molecule has 2 rings (SSSR count). The SMILES string of the molecule is CNC(c1ccc(Br)c(F)c1)c1sccc1Br. The van der Waals surface area contributed by atoms with Gasteiger partial charge >= 0.3 is 0 Å². The molecule has 0 spiro atoms. The van der Waals surface area contributed by atoms with Gasteiger partial charge < -0.3 is 5.32 Å². The summed E-state index contributed by atoms with van der Waals surface area (Å²) in [6.45, 7) is 0. The summed E-state index contributed by atoms with van der Waals surface area (Å²) in [5.41, 5.74) is 0.913. The van der Waals surface area contributed by atoms with Gasteiger partial charge in [0, 0.05) is 9.35 Å². The van der Waals surface area contributed by atoms with Crippen molar-refractivity contribution in [2.24, 2.45) is 0 Å². The molecule has 1 unspecified atom stereocenters. The summed E-state index contributed by atoms with van der Waals surface area (Å²) in [7, 11) is 1.87. The van der Waals surface area contributed by atoms with Crippen molar-refractivity contribution in [2.75, 3.05) is 7.05 Å². The van der Waals surface area contributed by atoms with E-state index in [0.717, 1.165) is 14.9 Å². The van der Waals surface area contributed by atoms with E-state index in [0.29, 0.717) is 4.47 Å². The molecule has 17 heavy (non-hydrogen) atoms. The summed E-state index contributed by atoms with van der Waals surface area (Å²) in [5, 5.41) is 5.22. The number of thiophene rings is 1. The van der Waals surface area contributed by atoms with E-state index in [9.17, 15) is 4.39 Å². The van der Waals surface area contributed by atoms with Gasteiger partial charge in [0.25, 0.3) is 0 Å². The molecule has 0 aliphatic rings. The molecule has 0 aliphatic carbocycles. The molecule has 1 aromatic carbocycles. The third-order valence-electron chi connectivity index (χ3n) is 2.47. The van der Waals surface area contributed by atoms with Crippen LogP contribution in [0.5, 0.6) is 0 Å². The standard InChI is InChI=1S/C12H10Br2FNS/c1-16-11(12-9(14)4-5-17-12)7-2-3-8(13)10(15)6-7/h2-6,11,16H,1H3. The van der Waals surface area contributed by atoms with Gasteiger partial charge in [-0.25, -0.2) is 4.39 Å². The zero-order valence-corrected chi connectivity index (χ0v) is 13.0. The second kappa shape index (κ2) is 5.61. The average molecular weight is 379 g/mol. The first-order valence-electron chi connectivity index (χ1n) is 4.98. The summed E-state index contributed by atoms with van der Waals surface area (Å²) in [5.74, 6) is -0.240. The smallest absolute Gasteiger partial charge is 0.137 e. The maximum atomic E-state index is 13.5. The summed E-state index contributed by atoms with van der Waals surface area (Å²) in [4.78, 5) is 1.15. The Labute approximate surface area is 120 Å². The number of rotatable bonds is 3. The molecule has 0 amide bonds. The van der Waals surface area contributed by atoms with Gasteiger partial charge in [-0.15, -0.1) is 11.3 Å². The lowest BCUT2D eigenvalue weighted by molar-refractivity contribution is 0.611. The highest BCUT2D eigenvalue weighted by Crippen LogP contribution is 2.33. The zero-order valence-electron chi connectivity index (χ0n) is 9.01. The van der Waals surface area contributed by atoms with Crippen LogP contribution in [-0.2, 0) is 0 Å². The van der Waals surface area contributed by atoms with Crippen LogP contribution in [0.25, 0.3) is 0 Å². The lowest BCUT2D eigenvalue weighted by Crippen LogP contribution is -2.17. The molecule has 0 saturated carbocycles. The van der Waals surface area contributed by atoms with Gasteiger partial charge in [-0.2, -0.15) is 0 Å². The van der Waals surface area contributed by atoms with Gasteiger partial charge in [-0.1, -0.05) is 6.07 Å². The molecule has 0 saturated heterocycles. The van der Waals surface area contributed by atoms with E-state index < -0.39 is 0 Å². The number of benzene rings is 1. The van der Waals surface area contributed by atoms with Gasteiger partial charge in [0.05, 0.1) is 10.5 Å². The molecule has 0 radical (unpaired) electrons. The number of halogens is 3. The fourth-order valence-electron chi connectivity index (χ4n) is 1.65. The van der Waals surface area contributed by atoms with Crippen LogP contribution in [0.2, 0.25) is 0 Å². The first kappa shape index (κ1) is 13.2. The quantitative estimate of drug-likeness (QED) is 0.814. The highest BCUT2D eigenvalue weighted by Gasteiger charge is 2.17. The van der Waals surface area contributed by atoms with Crippen molar-refractivity contribution < 1.29 is 4.39 Å². The van der Waals surface area contributed by atoms with Crippen LogP contribution in [0.15, 0.2) is 38.6 Å². The first-order chi connectivity index (χ1) is 8.13. The lowest BCUT2D eigenvalue weighted by Gasteiger charge is -2.16.